The summed E-state index contributed by atoms with van der Waals surface area (Å²) in [6.45, 7) is 4.43. The average Bonchev–Trinajstić information content (AvgIpc) is 2.71. The summed E-state index contributed by atoms with van der Waals surface area (Å²) in [5.74, 6) is 1.47. The lowest BCUT2D eigenvalue weighted by atomic mass is 10.1. The first-order chi connectivity index (χ1) is 14.0. The first kappa shape index (κ1) is 20.6. The molecule has 0 atom stereocenters. The van der Waals surface area contributed by atoms with Gasteiger partial charge in [0.1, 0.15) is 11.6 Å². The van der Waals surface area contributed by atoms with E-state index in [1.807, 2.05) is 50.2 Å². The molecule has 29 heavy (non-hydrogen) atoms. The molecule has 0 fully saturated rings. The number of carbonyl (C=O) groups is 1. The Morgan fingerprint density at radius 2 is 1.93 bits per heavy atom. The van der Waals surface area contributed by atoms with Gasteiger partial charge < -0.3 is 20.7 Å². The Hall–Kier alpha value is -3.13. The van der Waals surface area contributed by atoms with Crippen LogP contribution in [0, 0.1) is 6.92 Å². The third kappa shape index (κ3) is 5.03. The van der Waals surface area contributed by atoms with Crippen molar-refractivity contribution >= 4 is 45.0 Å². The maximum absolute atomic E-state index is 12.3. The maximum atomic E-state index is 12.3. The molecule has 2 aromatic carbocycles. The number of halogens is 1. The number of aromatic nitrogens is 2. The average molecular weight is 456 g/mol. The Balaban J connectivity index is 1.90. The lowest BCUT2D eigenvalue weighted by Gasteiger charge is -2.14. The van der Waals surface area contributed by atoms with Gasteiger partial charge in [-0.05, 0) is 59.6 Å². The Kier molecular flexibility index (Phi) is 6.66. The molecule has 0 bridgehead atoms. The number of aryl methyl sites for hydroxylation is 1. The molecule has 0 radical (unpaired) electrons. The van der Waals surface area contributed by atoms with Crippen molar-refractivity contribution in [3.05, 3.63) is 64.3 Å². The number of para-hydroxylation sites is 1. The topological polar surface area (TPSA) is 88.2 Å². The quantitative estimate of drug-likeness (QED) is 0.474. The summed E-state index contributed by atoms with van der Waals surface area (Å²) in [7, 11) is 1.61. The second-order valence-electron chi connectivity index (χ2n) is 6.25. The van der Waals surface area contributed by atoms with Crippen LogP contribution in [0.4, 0.5) is 23.1 Å². The van der Waals surface area contributed by atoms with Gasteiger partial charge in [-0.2, -0.15) is 4.98 Å². The molecular formula is C21H22BrN5O2. The van der Waals surface area contributed by atoms with Crippen LogP contribution in [-0.2, 0) is 0 Å². The van der Waals surface area contributed by atoms with Crippen molar-refractivity contribution in [1.82, 2.24) is 15.3 Å². The molecule has 0 saturated carbocycles. The molecule has 0 saturated heterocycles. The highest BCUT2D eigenvalue weighted by Crippen LogP contribution is 2.30. The predicted molar refractivity (Wildman–Crippen MR) is 118 cm³/mol. The number of nitrogens with one attached hydrogen (secondary N) is 3. The number of benzene rings is 2. The highest BCUT2D eigenvalue weighted by atomic mass is 79.9. The number of rotatable bonds is 7. The van der Waals surface area contributed by atoms with Gasteiger partial charge in [0.05, 0.1) is 28.5 Å². The zero-order chi connectivity index (χ0) is 20.8. The van der Waals surface area contributed by atoms with E-state index in [1.54, 1.807) is 19.4 Å². The summed E-state index contributed by atoms with van der Waals surface area (Å²) in [4.78, 5) is 21.2. The largest absolute Gasteiger partial charge is 0.495 e. The number of ether oxygens (including phenoxy) is 1. The van der Waals surface area contributed by atoms with Gasteiger partial charge in [0.2, 0.25) is 5.95 Å². The Labute approximate surface area is 178 Å². The van der Waals surface area contributed by atoms with Crippen molar-refractivity contribution in [2.45, 2.75) is 13.8 Å². The minimum absolute atomic E-state index is 0.149. The van der Waals surface area contributed by atoms with E-state index < -0.39 is 0 Å². The minimum Gasteiger partial charge on any atom is -0.495 e. The van der Waals surface area contributed by atoms with Gasteiger partial charge in [-0.15, -0.1) is 0 Å². The first-order valence-electron chi connectivity index (χ1n) is 9.10. The Morgan fingerprint density at radius 3 is 2.69 bits per heavy atom. The lowest BCUT2D eigenvalue weighted by Crippen LogP contribution is -2.23. The Bertz CT molecular complexity index is 1030. The smallest absolute Gasteiger partial charge is 0.253 e. The van der Waals surface area contributed by atoms with Crippen LogP contribution < -0.4 is 20.7 Å². The maximum Gasteiger partial charge on any atom is 0.253 e. The van der Waals surface area contributed by atoms with Gasteiger partial charge in [-0.3, -0.25) is 4.79 Å². The van der Waals surface area contributed by atoms with E-state index in [0.717, 1.165) is 11.3 Å². The number of nitrogens with zero attached hydrogens (tertiary/aromatic N) is 2. The van der Waals surface area contributed by atoms with Gasteiger partial charge in [0.25, 0.3) is 5.91 Å². The minimum atomic E-state index is -0.149. The van der Waals surface area contributed by atoms with E-state index >= 15 is 0 Å². The van der Waals surface area contributed by atoms with Crippen molar-refractivity contribution in [2.24, 2.45) is 0 Å². The molecule has 0 aliphatic heterocycles. The summed E-state index contributed by atoms with van der Waals surface area (Å²) in [6, 6.07) is 13.1. The molecule has 3 N–H and O–H groups in total. The van der Waals surface area contributed by atoms with Crippen LogP contribution in [0.1, 0.15) is 22.8 Å². The van der Waals surface area contributed by atoms with E-state index in [4.69, 9.17) is 4.74 Å². The van der Waals surface area contributed by atoms with Crippen LogP contribution in [0.25, 0.3) is 0 Å². The second-order valence-corrected chi connectivity index (χ2v) is 7.10. The highest BCUT2D eigenvalue weighted by molar-refractivity contribution is 9.10. The number of methoxy groups -OCH3 is 1. The number of hydrogen-bond acceptors (Lipinski definition) is 6. The number of hydrogen-bond donors (Lipinski definition) is 3. The van der Waals surface area contributed by atoms with Crippen LogP contribution in [0.2, 0.25) is 0 Å². The molecule has 0 unspecified atom stereocenters. The summed E-state index contributed by atoms with van der Waals surface area (Å²) in [6.07, 6.45) is 1.65. The van der Waals surface area contributed by atoms with Crippen LogP contribution >= 0.6 is 15.9 Å². The summed E-state index contributed by atoms with van der Waals surface area (Å²) in [5, 5.41) is 9.22. The molecule has 3 rings (SSSR count). The van der Waals surface area contributed by atoms with Crippen molar-refractivity contribution in [2.75, 3.05) is 24.3 Å². The van der Waals surface area contributed by atoms with E-state index in [2.05, 4.69) is 41.8 Å². The molecule has 0 spiro atoms. The van der Waals surface area contributed by atoms with E-state index in [-0.39, 0.29) is 5.91 Å². The number of carbonyl (C=O) groups excluding carboxylic acids is 1. The molecule has 0 aliphatic rings. The number of anilines is 4. The van der Waals surface area contributed by atoms with Gasteiger partial charge >= 0.3 is 0 Å². The molecule has 150 valence electrons. The summed E-state index contributed by atoms with van der Waals surface area (Å²) >= 11 is 3.46. The fourth-order valence-corrected chi connectivity index (χ4v) is 3.02. The third-order valence-corrected chi connectivity index (χ3v) is 4.69. The molecule has 1 heterocycles. The molecule has 1 aromatic heterocycles. The number of amides is 1. The van der Waals surface area contributed by atoms with Gasteiger partial charge in [0.15, 0.2) is 0 Å². The normalized spacial score (nSPS) is 10.3. The third-order valence-electron chi connectivity index (χ3n) is 4.11. The summed E-state index contributed by atoms with van der Waals surface area (Å²) < 4.78 is 6.07. The lowest BCUT2D eigenvalue weighted by molar-refractivity contribution is 0.0956. The monoisotopic (exact) mass is 455 g/mol. The SMILES string of the molecule is CCNC(=O)c1ccccc1Nc1nc(Nc2cc(C)ccc2OC)ncc1Br. The zero-order valence-electron chi connectivity index (χ0n) is 16.4. The highest BCUT2D eigenvalue weighted by Gasteiger charge is 2.13. The molecule has 0 aliphatic carbocycles. The fraction of sp³-hybridized carbons (Fsp3) is 0.190. The van der Waals surface area contributed by atoms with Crippen LogP contribution in [0.15, 0.2) is 53.1 Å². The second kappa shape index (κ2) is 9.38. The first-order valence-corrected chi connectivity index (χ1v) is 9.89. The van der Waals surface area contributed by atoms with E-state index in [9.17, 15) is 4.79 Å². The van der Waals surface area contributed by atoms with Crippen molar-refractivity contribution in [3.8, 4) is 5.75 Å². The van der Waals surface area contributed by atoms with Crippen molar-refractivity contribution < 1.29 is 9.53 Å². The van der Waals surface area contributed by atoms with Crippen molar-refractivity contribution in [3.63, 3.8) is 0 Å². The standard InChI is InChI=1S/C21H22BrN5O2/c1-4-23-20(28)14-7-5-6-8-16(14)25-19-15(22)12-24-21(27-19)26-17-11-13(2)9-10-18(17)29-3/h5-12H,4H2,1-3H3,(H,23,28)(H2,24,25,26,27). The fourth-order valence-electron chi connectivity index (χ4n) is 2.73. The van der Waals surface area contributed by atoms with Crippen LogP contribution in [0.5, 0.6) is 5.75 Å². The molecule has 8 heteroatoms. The molecular weight excluding hydrogens is 434 g/mol. The Morgan fingerprint density at radius 1 is 1.14 bits per heavy atom. The van der Waals surface area contributed by atoms with Gasteiger partial charge in [-0.25, -0.2) is 4.98 Å². The van der Waals surface area contributed by atoms with Crippen molar-refractivity contribution in [1.29, 1.82) is 0 Å². The van der Waals surface area contributed by atoms with Gasteiger partial charge in [-0.1, -0.05) is 18.2 Å². The van der Waals surface area contributed by atoms with E-state index in [0.29, 0.717) is 39.8 Å². The van der Waals surface area contributed by atoms with E-state index in [1.165, 1.54) is 0 Å². The molecule has 3 aromatic rings. The van der Waals surface area contributed by atoms with Gasteiger partial charge in [0, 0.05) is 12.7 Å². The zero-order valence-corrected chi connectivity index (χ0v) is 18.0. The summed E-state index contributed by atoms with van der Waals surface area (Å²) in [5.41, 5.74) is 3.04. The molecule has 7 nitrogen and oxygen atoms in total. The van der Waals surface area contributed by atoms with Crippen LogP contribution in [-0.4, -0.2) is 29.5 Å². The predicted octanol–water partition coefficient (Wildman–Crippen LogP) is 4.79. The van der Waals surface area contributed by atoms with Crippen LogP contribution in [0.3, 0.4) is 0 Å². The molecule has 1 amide bonds.